The fourth-order valence-electron chi connectivity index (χ4n) is 1.11. The van der Waals surface area contributed by atoms with Gasteiger partial charge in [0.1, 0.15) is 0 Å². The van der Waals surface area contributed by atoms with E-state index >= 15 is 0 Å². The van der Waals surface area contributed by atoms with Gasteiger partial charge in [0.25, 0.3) is 5.91 Å². The van der Waals surface area contributed by atoms with Crippen molar-refractivity contribution in [3.8, 4) is 0 Å². The number of carbonyl (C=O) groups is 1. The fraction of sp³-hybridized carbons (Fsp3) is 0.444. The molecule has 0 bridgehead atoms. The van der Waals surface area contributed by atoms with Crippen LogP contribution in [0.1, 0.15) is 16.9 Å². The van der Waals surface area contributed by atoms with Crippen LogP contribution >= 0.6 is 0 Å². The van der Waals surface area contributed by atoms with Crippen LogP contribution in [0.15, 0.2) is 17.8 Å². The first-order valence-electron chi connectivity index (χ1n) is 4.77. The number of amides is 1. The molecule has 88 valence electrons. The maximum Gasteiger partial charge on any atom is 0.270 e. The molecule has 1 amide bonds. The third-order valence-corrected chi connectivity index (χ3v) is 1.99. The van der Waals surface area contributed by atoms with Gasteiger partial charge in [-0.05, 0) is 12.0 Å². The number of aromatic nitrogens is 3. The normalized spacial score (nSPS) is 11.8. The first kappa shape index (κ1) is 12.3. The minimum absolute atomic E-state index is 0.0176. The van der Waals surface area contributed by atoms with E-state index in [1.54, 1.807) is 6.08 Å². The number of carbonyl (C=O) groups excluding carboxylic acids is 1. The number of rotatable bonds is 6. The van der Waals surface area contributed by atoms with Crippen LogP contribution in [0, 0.1) is 0 Å². The average Bonchev–Trinajstić information content (AvgIpc) is 2.73. The number of aliphatic hydroxyl groups is 2. The van der Waals surface area contributed by atoms with Crippen LogP contribution < -0.4 is 5.73 Å². The Morgan fingerprint density at radius 3 is 2.81 bits per heavy atom. The molecule has 1 rings (SSSR count). The van der Waals surface area contributed by atoms with Gasteiger partial charge in [0, 0.05) is 6.61 Å². The number of hydrogen-bond donors (Lipinski definition) is 3. The van der Waals surface area contributed by atoms with Crippen LogP contribution in [0.2, 0.25) is 0 Å². The molecule has 0 aliphatic rings. The lowest BCUT2D eigenvalue weighted by Gasteiger charge is -2.00. The average molecular weight is 226 g/mol. The Bertz CT molecular complexity index is 386. The first-order valence-corrected chi connectivity index (χ1v) is 4.77. The van der Waals surface area contributed by atoms with Gasteiger partial charge >= 0.3 is 0 Å². The van der Waals surface area contributed by atoms with E-state index in [9.17, 15) is 4.79 Å². The van der Waals surface area contributed by atoms with Gasteiger partial charge in [0.15, 0.2) is 5.69 Å². The zero-order valence-electron chi connectivity index (χ0n) is 8.70. The summed E-state index contributed by atoms with van der Waals surface area (Å²) in [6, 6.07) is 0. The Labute approximate surface area is 92.2 Å². The molecule has 7 nitrogen and oxygen atoms in total. The summed E-state index contributed by atoms with van der Waals surface area (Å²) < 4.78 is 1.42. The van der Waals surface area contributed by atoms with Gasteiger partial charge < -0.3 is 15.9 Å². The van der Waals surface area contributed by atoms with Crippen LogP contribution in [0.5, 0.6) is 0 Å². The lowest BCUT2D eigenvalue weighted by atomic mass is 10.2. The Balaban J connectivity index is 2.62. The molecule has 16 heavy (non-hydrogen) atoms. The lowest BCUT2D eigenvalue weighted by Crippen LogP contribution is -2.11. The van der Waals surface area contributed by atoms with Crippen molar-refractivity contribution in [3.63, 3.8) is 0 Å². The van der Waals surface area contributed by atoms with Gasteiger partial charge in [-0.3, -0.25) is 4.79 Å². The number of allylic oxidation sites excluding steroid dienone is 1. The molecule has 1 aromatic rings. The number of aliphatic hydroxyl groups excluding tert-OH is 2. The predicted octanol–water partition coefficient (Wildman–Crippen LogP) is -1.32. The van der Waals surface area contributed by atoms with Crippen molar-refractivity contribution >= 4 is 5.91 Å². The molecule has 0 saturated carbocycles. The van der Waals surface area contributed by atoms with E-state index in [-0.39, 0.29) is 18.9 Å². The van der Waals surface area contributed by atoms with Gasteiger partial charge in [-0.25, -0.2) is 4.68 Å². The molecule has 0 unspecified atom stereocenters. The van der Waals surface area contributed by atoms with Crippen LogP contribution in [0.25, 0.3) is 0 Å². The third-order valence-electron chi connectivity index (χ3n) is 1.99. The van der Waals surface area contributed by atoms with Crippen molar-refractivity contribution in [3.05, 3.63) is 23.5 Å². The molecule has 4 N–H and O–H groups in total. The summed E-state index contributed by atoms with van der Waals surface area (Å²) in [5, 5.41) is 24.9. The zero-order chi connectivity index (χ0) is 12.0. The van der Waals surface area contributed by atoms with Crippen LogP contribution in [-0.2, 0) is 6.54 Å². The smallest absolute Gasteiger partial charge is 0.270 e. The van der Waals surface area contributed by atoms with Gasteiger partial charge in [0.05, 0.1) is 19.3 Å². The SMILES string of the molecule is NC(=O)c1cn(C/C=C(/CO)CCO)nn1. The largest absolute Gasteiger partial charge is 0.396 e. The molecule has 0 radical (unpaired) electrons. The van der Waals surface area contributed by atoms with Crippen molar-refractivity contribution in [1.29, 1.82) is 0 Å². The monoisotopic (exact) mass is 226 g/mol. The summed E-state index contributed by atoms with van der Waals surface area (Å²) in [7, 11) is 0. The third kappa shape index (κ3) is 3.44. The van der Waals surface area contributed by atoms with E-state index < -0.39 is 5.91 Å². The Hall–Kier alpha value is -1.73. The Morgan fingerprint density at radius 2 is 2.31 bits per heavy atom. The molecular formula is C9H14N4O3. The summed E-state index contributed by atoms with van der Waals surface area (Å²) in [6.45, 7) is 0.240. The second-order valence-corrected chi connectivity index (χ2v) is 3.18. The van der Waals surface area contributed by atoms with E-state index in [0.29, 0.717) is 18.5 Å². The van der Waals surface area contributed by atoms with E-state index in [4.69, 9.17) is 15.9 Å². The Morgan fingerprint density at radius 1 is 1.56 bits per heavy atom. The highest BCUT2D eigenvalue weighted by atomic mass is 16.3. The molecule has 0 aromatic carbocycles. The zero-order valence-corrected chi connectivity index (χ0v) is 8.70. The summed E-state index contributed by atoms with van der Waals surface area (Å²) in [5.74, 6) is -0.632. The molecule has 0 saturated heterocycles. The molecule has 7 heteroatoms. The topological polar surface area (TPSA) is 114 Å². The minimum atomic E-state index is -0.632. The maximum absolute atomic E-state index is 10.7. The van der Waals surface area contributed by atoms with Crippen molar-refractivity contribution in [2.24, 2.45) is 5.73 Å². The lowest BCUT2D eigenvalue weighted by molar-refractivity contribution is 0.0995. The summed E-state index contributed by atoms with van der Waals surface area (Å²) in [6.07, 6.45) is 3.55. The minimum Gasteiger partial charge on any atom is -0.396 e. The summed E-state index contributed by atoms with van der Waals surface area (Å²) in [5.41, 5.74) is 5.82. The van der Waals surface area contributed by atoms with Crippen LogP contribution in [0.4, 0.5) is 0 Å². The molecule has 0 spiro atoms. The van der Waals surface area contributed by atoms with Crippen molar-refractivity contribution < 1.29 is 15.0 Å². The van der Waals surface area contributed by atoms with Crippen LogP contribution in [-0.4, -0.2) is 44.3 Å². The molecule has 0 aliphatic heterocycles. The summed E-state index contributed by atoms with van der Waals surface area (Å²) >= 11 is 0. The van der Waals surface area contributed by atoms with Gasteiger partial charge in [-0.15, -0.1) is 5.10 Å². The Kier molecular flexibility index (Phi) is 4.62. The maximum atomic E-state index is 10.7. The van der Waals surface area contributed by atoms with Gasteiger partial charge in [-0.2, -0.15) is 0 Å². The molecule has 0 atom stereocenters. The molecule has 1 heterocycles. The van der Waals surface area contributed by atoms with Gasteiger partial charge in [0.2, 0.25) is 0 Å². The van der Waals surface area contributed by atoms with E-state index in [0.717, 1.165) is 0 Å². The first-order chi connectivity index (χ1) is 7.67. The standard InChI is InChI=1S/C9H14N4O3/c10-9(16)8-5-13(12-11-8)3-1-7(6-15)2-4-14/h1,5,14-15H,2-4,6H2,(H2,10,16)/b7-1+. The van der Waals surface area contributed by atoms with Crippen molar-refractivity contribution in [2.75, 3.05) is 13.2 Å². The number of primary amides is 1. The highest BCUT2D eigenvalue weighted by Gasteiger charge is 2.05. The second-order valence-electron chi connectivity index (χ2n) is 3.18. The molecular weight excluding hydrogens is 212 g/mol. The predicted molar refractivity (Wildman–Crippen MR) is 55.4 cm³/mol. The molecule has 0 fully saturated rings. The number of nitrogens with two attached hydrogens (primary N) is 1. The summed E-state index contributed by atoms with van der Waals surface area (Å²) in [4.78, 5) is 10.7. The quantitative estimate of drug-likeness (QED) is 0.520. The fourth-order valence-corrected chi connectivity index (χ4v) is 1.11. The highest BCUT2D eigenvalue weighted by Crippen LogP contribution is 2.00. The van der Waals surface area contributed by atoms with Crippen molar-refractivity contribution in [1.82, 2.24) is 15.0 Å². The second kappa shape index (κ2) is 5.99. The molecule has 1 aromatic heterocycles. The number of nitrogens with zero attached hydrogens (tertiary/aromatic N) is 3. The van der Waals surface area contributed by atoms with E-state index in [2.05, 4.69) is 10.3 Å². The molecule has 0 aliphatic carbocycles. The number of hydrogen-bond acceptors (Lipinski definition) is 5. The van der Waals surface area contributed by atoms with Crippen molar-refractivity contribution in [2.45, 2.75) is 13.0 Å². The van der Waals surface area contributed by atoms with E-state index in [1.807, 2.05) is 0 Å². The van der Waals surface area contributed by atoms with Gasteiger partial charge in [-0.1, -0.05) is 11.3 Å². The highest BCUT2D eigenvalue weighted by molar-refractivity contribution is 5.90. The van der Waals surface area contributed by atoms with E-state index in [1.165, 1.54) is 10.9 Å². The van der Waals surface area contributed by atoms with Crippen LogP contribution in [0.3, 0.4) is 0 Å².